The van der Waals surface area contributed by atoms with Gasteiger partial charge in [-0.2, -0.15) is 0 Å². The summed E-state index contributed by atoms with van der Waals surface area (Å²) in [5, 5.41) is 2.01. The summed E-state index contributed by atoms with van der Waals surface area (Å²) in [4.78, 5) is 0. The Morgan fingerprint density at radius 1 is 1.58 bits per heavy atom. The predicted molar refractivity (Wildman–Crippen MR) is 55.8 cm³/mol. The van der Waals surface area contributed by atoms with E-state index in [9.17, 15) is 0 Å². The molecule has 0 aliphatic carbocycles. The van der Waals surface area contributed by atoms with Gasteiger partial charge in [0.25, 0.3) is 0 Å². The van der Waals surface area contributed by atoms with Gasteiger partial charge in [-0.15, -0.1) is 6.58 Å². The summed E-state index contributed by atoms with van der Waals surface area (Å²) in [5.74, 6) is 0. The summed E-state index contributed by atoms with van der Waals surface area (Å²) in [6, 6.07) is 7.81. The van der Waals surface area contributed by atoms with Crippen molar-refractivity contribution in [3.05, 3.63) is 41.9 Å². The van der Waals surface area contributed by atoms with Crippen LogP contribution in [0.3, 0.4) is 0 Å². The minimum Gasteiger partial charge on any atom is -0.415 e. The minimum atomic E-state index is -0.599. The molecule has 0 amide bonds. The predicted octanol–water partition coefficient (Wildman–Crippen LogP) is 1.25. The van der Waals surface area contributed by atoms with Gasteiger partial charge in [-0.3, -0.25) is 0 Å². The van der Waals surface area contributed by atoms with E-state index in [1.807, 2.05) is 24.3 Å². The van der Waals surface area contributed by atoms with Crippen molar-refractivity contribution >= 4 is 26.6 Å². The van der Waals surface area contributed by atoms with Crippen molar-refractivity contribution in [2.24, 2.45) is 0 Å². The summed E-state index contributed by atoms with van der Waals surface area (Å²) in [7, 11) is -0.599. The maximum absolute atomic E-state index is 5.80. The maximum atomic E-state index is 5.80. The molecule has 0 fully saturated rings. The lowest BCUT2D eigenvalue weighted by atomic mass is 10.4. The standard InChI is InChI=1S/C9H11ClOSi/c1-2-6-11-12-9-5-3-4-8(10)7-9/h2-5,7H,1,6,12H2. The molecule has 0 heterocycles. The molecule has 0 N–H and O–H groups in total. The zero-order valence-corrected chi connectivity index (χ0v) is 8.96. The molecule has 64 valence electrons. The molecule has 0 radical (unpaired) electrons. The van der Waals surface area contributed by atoms with Crippen LogP contribution < -0.4 is 5.19 Å². The molecule has 0 spiro atoms. The van der Waals surface area contributed by atoms with E-state index in [-0.39, 0.29) is 0 Å². The lowest BCUT2D eigenvalue weighted by Crippen LogP contribution is -2.16. The molecule has 0 bridgehead atoms. The van der Waals surface area contributed by atoms with Crippen molar-refractivity contribution in [3.63, 3.8) is 0 Å². The van der Waals surface area contributed by atoms with Crippen LogP contribution in [0, 0.1) is 0 Å². The van der Waals surface area contributed by atoms with E-state index in [4.69, 9.17) is 16.0 Å². The van der Waals surface area contributed by atoms with Gasteiger partial charge in [0.2, 0.25) is 0 Å². The van der Waals surface area contributed by atoms with Gasteiger partial charge in [-0.25, -0.2) is 0 Å². The molecule has 1 rings (SSSR count). The summed E-state index contributed by atoms with van der Waals surface area (Å²) >= 11 is 5.80. The highest BCUT2D eigenvalue weighted by atomic mass is 35.5. The fourth-order valence-corrected chi connectivity index (χ4v) is 2.28. The first-order chi connectivity index (χ1) is 5.83. The van der Waals surface area contributed by atoms with E-state index in [2.05, 4.69) is 6.58 Å². The van der Waals surface area contributed by atoms with Crippen LogP contribution in [0.25, 0.3) is 0 Å². The average Bonchev–Trinajstić information content (AvgIpc) is 2.05. The fourth-order valence-electron chi connectivity index (χ4n) is 0.887. The lowest BCUT2D eigenvalue weighted by molar-refractivity contribution is 0.393. The SMILES string of the molecule is C=CCO[SiH2]c1cccc(Cl)c1. The first-order valence-electron chi connectivity index (χ1n) is 3.76. The molecular formula is C9H11ClOSi. The van der Waals surface area contributed by atoms with Crippen LogP contribution in [0.15, 0.2) is 36.9 Å². The second kappa shape index (κ2) is 5.14. The van der Waals surface area contributed by atoms with Gasteiger partial charge in [0.05, 0.1) is 6.61 Å². The number of hydrogen-bond acceptors (Lipinski definition) is 1. The van der Waals surface area contributed by atoms with Crippen molar-refractivity contribution in [3.8, 4) is 0 Å². The monoisotopic (exact) mass is 198 g/mol. The molecule has 1 nitrogen and oxygen atoms in total. The first-order valence-corrected chi connectivity index (χ1v) is 5.42. The Bertz CT molecular complexity index is 262. The summed E-state index contributed by atoms with van der Waals surface area (Å²) < 4.78 is 5.39. The first kappa shape index (κ1) is 9.51. The molecule has 0 aliphatic rings. The molecule has 0 saturated heterocycles. The second-order valence-electron chi connectivity index (χ2n) is 2.43. The third-order valence-corrected chi connectivity index (χ3v) is 2.84. The van der Waals surface area contributed by atoms with Crippen LogP contribution in [0.4, 0.5) is 0 Å². The normalized spacial score (nSPS) is 10.8. The highest BCUT2D eigenvalue weighted by Gasteiger charge is 1.93. The molecule has 0 saturated carbocycles. The number of hydrogen-bond donors (Lipinski definition) is 0. The van der Waals surface area contributed by atoms with Crippen LogP contribution in [-0.4, -0.2) is 16.4 Å². The molecule has 1 aromatic rings. The van der Waals surface area contributed by atoms with Gasteiger partial charge >= 0.3 is 0 Å². The van der Waals surface area contributed by atoms with Gasteiger partial charge in [-0.05, 0) is 17.3 Å². The van der Waals surface area contributed by atoms with E-state index in [0.717, 1.165) is 5.02 Å². The van der Waals surface area contributed by atoms with Crippen LogP contribution in [0.1, 0.15) is 0 Å². The third kappa shape index (κ3) is 3.22. The van der Waals surface area contributed by atoms with E-state index in [1.54, 1.807) is 6.08 Å². The van der Waals surface area contributed by atoms with Gasteiger partial charge in [0, 0.05) is 5.02 Å². The molecule has 0 aliphatic heterocycles. The molecule has 3 heteroatoms. The maximum Gasteiger partial charge on any atom is 0.192 e. The van der Waals surface area contributed by atoms with E-state index in [1.165, 1.54) is 5.19 Å². The Hall–Kier alpha value is -0.573. The summed E-state index contributed by atoms with van der Waals surface area (Å²) in [6.45, 7) is 4.22. The Kier molecular flexibility index (Phi) is 4.08. The number of rotatable bonds is 4. The molecular weight excluding hydrogens is 188 g/mol. The Morgan fingerprint density at radius 2 is 2.42 bits per heavy atom. The highest BCUT2D eigenvalue weighted by Crippen LogP contribution is 2.02. The molecule has 0 aromatic heterocycles. The van der Waals surface area contributed by atoms with Crippen molar-refractivity contribution in [2.45, 2.75) is 0 Å². The fraction of sp³-hybridized carbons (Fsp3) is 0.111. The summed E-state index contributed by atoms with van der Waals surface area (Å²) in [5.41, 5.74) is 0. The topological polar surface area (TPSA) is 9.23 Å². The Balaban J connectivity index is 2.46. The van der Waals surface area contributed by atoms with Gasteiger partial charge in [-0.1, -0.05) is 29.8 Å². The van der Waals surface area contributed by atoms with Gasteiger partial charge < -0.3 is 4.43 Å². The molecule has 12 heavy (non-hydrogen) atoms. The zero-order chi connectivity index (χ0) is 8.81. The van der Waals surface area contributed by atoms with E-state index in [0.29, 0.717) is 6.61 Å². The Morgan fingerprint density at radius 3 is 3.08 bits per heavy atom. The Labute approximate surface area is 80.0 Å². The van der Waals surface area contributed by atoms with Crippen molar-refractivity contribution < 1.29 is 4.43 Å². The molecule has 0 atom stereocenters. The number of benzene rings is 1. The van der Waals surface area contributed by atoms with Crippen LogP contribution in [-0.2, 0) is 4.43 Å². The van der Waals surface area contributed by atoms with Crippen LogP contribution in [0.2, 0.25) is 5.02 Å². The largest absolute Gasteiger partial charge is 0.415 e. The van der Waals surface area contributed by atoms with Crippen molar-refractivity contribution in [1.82, 2.24) is 0 Å². The van der Waals surface area contributed by atoms with Gasteiger partial charge in [0.1, 0.15) is 0 Å². The lowest BCUT2D eigenvalue weighted by Gasteiger charge is -2.00. The van der Waals surface area contributed by atoms with Crippen LogP contribution in [0.5, 0.6) is 0 Å². The van der Waals surface area contributed by atoms with Gasteiger partial charge in [0.15, 0.2) is 9.76 Å². The van der Waals surface area contributed by atoms with Crippen LogP contribution >= 0.6 is 11.6 Å². The molecule has 0 unspecified atom stereocenters. The quantitative estimate of drug-likeness (QED) is 0.402. The van der Waals surface area contributed by atoms with Crippen molar-refractivity contribution in [1.29, 1.82) is 0 Å². The molecule has 1 aromatic carbocycles. The second-order valence-corrected chi connectivity index (χ2v) is 4.38. The van der Waals surface area contributed by atoms with E-state index >= 15 is 0 Å². The van der Waals surface area contributed by atoms with Crippen molar-refractivity contribution in [2.75, 3.05) is 6.61 Å². The average molecular weight is 199 g/mol. The van der Waals surface area contributed by atoms with E-state index < -0.39 is 9.76 Å². The minimum absolute atomic E-state index is 0.599. The zero-order valence-electron chi connectivity index (χ0n) is 6.79. The highest BCUT2D eigenvalue weighted by molar-refractivity contribution is 6.47. The number of halogens is 1. The summed E-state index contributed by atoms with van der Waals surface area (Å²) in [6.07, 6.45) is 1.76. The smallest absolute Gasteiger partial charge is 0.192 e. The third-order valence-electron chi connectivity index (χ3n) is 1.39.